The third-order valence-corrected chi connectivity index (χ3v) is 4.40. The second kappa shape index (κ2) is 4.55. The molecule has 2 heteroatoms. The summed E-state index contributed by atoms with van der Waals surface area (Å²) >= 11 is 0. The van der Waals surface area contributed by atoms with Gasteiger partial charge in [-0.1, -0.05) is 20.8 Å². The van der Waals surface area contributed by atoms with Crippen molar-refractivity contribution in [3.05, 3.63) is 0 Å². The number of nitrogens with zero attached hydrogens (tertiary/aromatic N) is 2. The van der Waals surface area contributed by atoms with Crippen molar-refractivity contribution >= 4 is 0 Å². The number of likely N-dealkylation sites (tertiary alicyclic amines) is 2. The average molecular weight is 238 g/mol. The standard InChI is InChI=1S/C15H30N2/c1-13(2)17-8-6-15(7-9-17)11-16(12-15)10-14(3,4)5/h13H,6-12H2,1-5H3. The summed E-state index contributed by atoms with van der Waals surface area (Å²) in [6, 6.07) is 0.734. The van der Waals surface area contributed by atoms with E-state index in [2.05, 4.69) is 44.4 Å². The monoisotopic (exact) mass is 238 g/mol. The van der Waals surface area contributed by atoms with Crippen LogP contribution in [0.3, 0.4) is 0 Å². The molecule has 2 aliphatic rings. The maximum atomic E-state index is 2.66. The quantitative estimate of drug-likeness (QED) is 0.730. The molecule has 0 aromatic rings. The van der Waals surface area contributed by atoms with E-state index < -0.39 is 0 Å². The first-order valence-corrected chi connectivity index (χ1v) is 7.26. The molecule has 2 nitrogen and oxygen atoms in total. The van der Waals surface area contributed by atoms with Gasteiger partial charge in [0.05, 0.1) is 0 Å². The van der Waals surface area contributed by atoms with Crippen molar-refractivity contribution in [3.63, 3.8) is 0 Å². The smallest absolute Gasteiger partial charge is 0.00517 e. The molecule has 0 N–H and O–H groups in total. The summed E-state index contributed by atoms with van der Waals surface area (Å²) in [4.78, 5) is 5.29. The molecule has 2 rings (SSSR count). The van der Waals surface area contributed by atoms with Crippen molar-refractivity contribution in [2.24, 2.45) is 10.8 Å². The van der Waals surface area contributed by atoms with Gasteiger partial charge < -0.3 is 9.80 Å². The molecule has 2 saturated heterocycles. The maximum absolute atomic E-state index is 2.66. The Morgan fingerprint density at radius 2 is 1.59 bits per heavy atom. The Kier molecular flexibility index (Phi) is 3.57. The number of rotatable bonds is 2. The Hall–Kier alpha value is -0.0800. The van der Waals surface area contributed by atoms with E-state index in [-0.39, 0.29) is 0 Å². The molecule has 0 saturated carbocycles. The molecular formula is C15H30N2. The van der Waals surface area contributed by atoms with Crippen LogP contribution in [-0.4, -0.2) is 48.6 Å². The molecule has 0 radical (unpaired) electrons. The van der Waals surface area contributed by atoms with Gasteiger partial charge in [-0.3, -0.25) is 0 Å². The lowest BCUT2D eigenvalue weighted by Gasteiger charge is -2.56. The highest BCUT2D eigenvalue weighted by molar-refractivity contribution is 4.99. The van der Waals surface area contributed by atoms with Crippen LogP contribution in [0.5, 0.6) is 0 Å². The maximum Gasteiger partial charge on any atom is 0.00517 e. The van der Waals surface area contributed by atoms with Crippen molar-refractivity contribution in [3.8, 4) is 0 Å². The molecule has 17 heavy (non-hydrogen) atoms. The van der Waals surface area contributed by atoms with Crippen molar-refractivity contribution in [2.45, 2.75) is 53.5 Å². The van der Waals surface area contributed by atoms with Crippen LogP contribution in [0.25, 0.3) is 0 Å². The Labute approximate surface area is 107 Å². The van der Waals surface area contributed by atoms with E-state index in [0.29, 0.717) is 10.8 Å². The summed E-state index contributed by atoms with van der Waals surface area (Å²) in [7, 11) is 0. The fourth-order valence-electron chi connectivity index (χ4n) is 3.52. The predicted molar refractivity (Wildman–Crippen MR) is 74.3 cm³/mol. The molecule has 0 bridgehead atoms. The molecule has 0 aromatic carbocycles. The van der Waals surface area contributed by atoms with Crippen LogP contribution in [0, 0.1) is 10.8 Å². The Bertz CT molecular complexity index is 249. The highest BCUT2D eigenvalue weighted by Crippen LogP contribution is 2.41. The number of hydrogen-bond acceptors (Lipinski definition) is 2. The molecule has 2 heterocycles. The molecule has 0 amide bonds. The zero-order valence-electron chi connectivity index (χ0n) is 12.4. The lowest BCUT2D eigenvalue weighted by atomic mass is 9.71. The zero-order valence-corrected chi connectivity index (χ0v) is 12.4. The minimum atomic E-state index is 0.459. The summed E-state index contributed by atoms with van der Waals surface area (Å²) in [5.41, 5.74) is 1.15. The first kappa shape index (κ1) is 13.4. The summed E-state index contributed by atoms with van der Waals surface area (Å²) in [5.74, 6) is 0. The summed E-state index contributed by atoms with van der Waals surface area (Å²) in [5, 5.41) is 0. The van der Waals surface area contributed by atoms with Gasteiger partial charge in [-0.25, -0.2) is 0 Å². The van der Waals surface area contributed by atoms with E-state index in [1.807, 2.05) is 0 Å². The van der Waals surface area contributed by atoms with Crippen molar-refractivity contribution in [1.29, 1.82) is 0 Å². The van der Waals surface area contributed by atoms with Crippen LogP contribution in [0.4, 0.5) is 0 Å². The fraction of sp³-hybridized carbons (Fsp3) is 1.00. The number of piperidine rings is 1. The fourth-order valence-corrected chi connectivity index (χ4v) is 3.52. The van der Waals surface area contributed by atoms with Crippen LogP contribution in [0.15, 0.2) is 0 Å². The van der Waals surface area contributed by atoms with Crippen LogP contribution in [0.2, 0.25) is 0 Å². The highest BCUT2D eigenvalue weighted by atomic mass is 15.2. The van der Waals surface area contributed by atoms with E-state index in [1.54, 1.807) is 0 Å². The Morgan fingerprint density at radius 3 is 2.00 bits per heavy atom. The second-order valence-electron chi connectivity index (χ2n) is 7.84. The molecular weight excluding hydrogens is 208 g/mol. The van der Waals surface area contributed by atoms with E-state index >= 15 is 0 Å². The van der Waals surface area contributed by atoms with Crippen molar-refractivity contribution in [1.82, 2.24) is 9.80 Å². The van der Waals surface area contributed by atoms with Gasteiger partial charge in [0.25, 0.3) is 0 Å². The van der Waals surface area contributed by atoms with Crippen LogP contribution < -0.4 is 0 Å². The van der Waals surface area contributed by atoms with Gasteiger partial charge >= 0.3 is 0 Å². The molecule has 100 valence electrons. The molecule has 2 aliphatic heterocycles. The number of hydrogen-bond donors (Lipinski definition) is 0. The van der Waals surface area contributed by atoms with Gasteiger partial charge in [-0.15, -0.1) is 0 Å². The largest absolute Gasteiger partial charge is 0.302 e. The summed E-state index contributed by atoms with van der Waals surface area (Å²) in [6.07, 6.45) is 2.84. The van der Waals surface area contributed by atoms with Crippen molar-refractivity contribution in [2.75, 3.05) is 32.7 Å². The molecule has 0 unspecified atom stereocenters. The van der Waals surface area contributed by atoms with Gasteiger partial charge in [0.1, 0.15) is 0 Å². The third kappa shape index (κ3) is 3.23. The van der Waals surface area contributed by atoms with Crippen LogP contribution in [0.1, 0.15) is 47.5 Å². The first-order valence-electron chi connectivity index (χ1n) is 7.26. The SMILES string of the molecule is CC(C)N1CCC2(CC1)CN(CC(C)(C)C)C2. The topological polar surface area (TPSA) is 6.48 Å². The average Bonchev–Trinajstić information content (AvgIpc) is 2.13. The van der Waals surface area contributed by atoms with Crippen molar-refractivity contribution < 1.29 is 0 Å². The predicted octanol–water partition coefficient (Wildman–Crippen LogP) is 2.84. The Morgan fingerprint density at radius 1 is 1.06 bits per heavy atom. The van der Waals surface area contributed by atoms with Gasteiger partial charge in [0.15, 0.2) is 0 Å². The third-order valence-electron chi connectivity index (χ3n) is 4.40. The van der Waals surface area contributed by atoms with E-state index in [1.165, 1.54) is 45.6 Å². The second-order valence-corrected chi connectivity index (χ2v) is 7.84. The van der Waals surface area contributed by atoms with Gasteiger partial charge in [-0.05, 0) is 50.6 Å². The molecule has 0 aliphatic carbocycles. The van der Waals surface area contributed by atoms with E-state index in [0.717, 1.165) is 6.04 Å². The Balaban J connectivity index is 1.76. The van der Waals surface area contributed by atoms with E-state index in [9.17, 15) is 0 Å². The lowest BCUT2D eigenvalue weighted by molar-refractivity contribution is -0.0635. The summed E-state index contributed by atoms with van der Waals surface area (Å²) < 4.78 is 0. The van der Waals surface area contributed by atoms with Crippen LogP contribution in [-0.2, 0) is 0 Å². The molecule has 0 aromatic heterocycles. The molecule has 1 spiro atoms. The minimum Gasteiger partial charge on any atom is -0.302 e. The minimum absolute atomic E-state index is 0.459. The normalized spacial score (nSPS) is 26.5. The van der Waals surface area contributed by atoms with E-state index in [4.69, 9.17) is 0 Å². The molecule has 0 atom stereocenters. The lowest BCUT2D eigenvalue weighted by Crippen LogP contribution is -2.61. The zero-order chi connectivity index (χ0) is 12.7. The highest BCUT2D eigenvalue weighted by Gasteiger charge is 2.45. The van der Waals surface area contributed by atoms with Gasteiger partial charge in [0, 0.05) is 25.7 Å². The summed E-state index contributed by atoms with van der Waals surface area (Å²) in [6.45, 7) is 18.3. The molecule has 2 fully saturated rings. The van der Waals surface area contributed by atoms with Gasteiger partial charge in [-0.2, -0.15) is 0 Å². The van der Waals surface area contributed by atoms with Gasteiger partial charge in [0.2, 0.25) is 0 Å². The first-order chi connectivity index (χ1) is 7.80. The van der Waals surface area contributed by atoms with Crippen LogP contribution >= 0.6 is 0 Å².